The minimum atomic E-state index is -4.06. The smallest absolute Gasteiger partial charge is 0.256 e. The Bertz CT molecular complexity index is 1480. The second-order valence-corrected chi connectivity index (χ2v) is 13.4. The second-order valence-electron chi connectivity index (χ2n) is 11.6. The average Bonchev–Trinajstić information content (AvgIpc) is 3.05. The predicted molar refractivity (Wildman–Crippen MR) is 175 cm³/mol. The molecular formula is C35H43N3O6S. The molecule has 9 nitrogen and oxygen atoms in total. The van der Waals surface area contributed by atoms with Gasteiger partial charge in [0.2, 0.25) is 11.8 Å². The molecule has 10 heteroatoms. The third-order valence-electron chi connectivity index (χ3n) is 7.49. The van der Waals surface area contributed by atoms with Gasteiger partial charge in [0, 0.05) is 13.0 Å². The lowest BCUT2D eigenvalue weighted by molar-refractivity contribution is -0.203. The van der Waals surface area contributed by atoms with Crippen LogP contribution in [-0.4, -0.2) is 33.1 Å². The number of sulfonamides is 1. The first-order chi connectivity index (χ1) is 21.7. The molecule has 1 unspecified atom stereocenters. The van der Waals surface area contributed by atoms with E-state index in [1.54, 1.807) is 54.6 Å². The van der Waals surface area contributed by atoms with Gasteiger partial charge in [-0.25, -0.2) is 18.7 Å². The van der Waals surface area contributed by atoms with Gasteiger partial charge >= 0.3 is 0 Å². The number of ether oxygens (including phenoxy) is 1. The van der Waals surface area contributed by atoms with E-state index >= 15 is 0 Å². The van der Waals surface area contributed by atoms with Gasteiger partial charge in [0.05, 0.1) is 23.3 Å². The molecule has 2 N–H and O–H groups in total. The first kappa shape index (κ1) is 33.9. The summed E-state index contributed by atoms with van der Waals surface area (Å²) in [7, 11) is -4.06. The summed E-state index contributed by atoms with van der Waals surface area (Å²) in [5.74, 6) is -3.07. The van der Waals surface area contributed by atoms with Crippen molar-refractivity contribution >= 4 is 33.6 Å². The van der Waals surface area contributed by atoms with E-state index in [0.717, 1.165) is 22.8 Å². The molecule has 3 aromatic rings. The Labute approximate surface area is 266 Å². The molecule has 0 spiro atoms. The number of para-hydroxylation sites is 1. The zero-order valence-corrected chi connectivity index (χ0v) is 26.7. The van der Waals surface area contributed by atoms with Crippen LogP contribution < -0.4 is 15.3 Å². The van der Waals surface area contributed by atoms with E-state index in [4.69, 9.17) is 9.57 Å². The third-order valence-corrected chi connectivity index (χ3v) is 9.04. The van der Waals surface area contributed by atoms with Gasteiger partial charge in [0.25, 0.3) is 10.0 Å². The lowest BCUT2D eigenvalue weighted by Crippen LogP contribution is -2.52. The molecule has 1 aliphatic heterocycles. The number of anilines is 1. The van der Waals surface area contributed by atoms with E-state index in [9.17, 15) is 18.0 Å². The zero-order valence-electron chi connectivity index (χ0n) is 25.9. The van der Waals surface area contributed by atoms with Gasteiger partial charge in [-0.05, 0) is 54.9 Å². The van der Waals surface area contributed by atoms with Gasteiger partial charge in [-0.3, -0.25) is 15.0 Å². The maximum absolute atomic E-state index is 14.2. The van der Waals surface area contributed by atoms with E-state index in [0.29, 0.717) is 25.0 Å². The van der Waals surface area contributed by atoms with Crippen molar-refractivity contribution in [3.63, 3.8) is 0 Å². The van der Waals surface area contributed by atoms with Crippen molar-refractivity contribution in [1.82, 2.24) is 10.9 Å². The normalized spacial score (nSPS) is 16.6. The predicted octanol–water partition coefficient (Wildman–Crippen LogP) is 6.01. The molecule has 1 saturated heterocycles. The number of hydrogen-bond donors (Lipinski definition) is 2. The minimum absolute atomic E-state index is 0.0304. The highest BCUT2D eigenvalue weighted by Crippen LogP contribution is 2.27. The summed E-state index contributed by atoms with van der Waals surface area (Å²) >= 11 is 0. The summed E-state index contributed by atoms with van der Waals surface area (Å²) in [6.45, 7) is 4.47. The molecule has 1 fully saturated rings. The number of allylic oxidation sites excluding steroid dienone is 1. The molecule has 0 bridgehead atoms. The number of rotatable bonds is 15. The molecule has 0 aliphatic carbocycles. The van der Waals surface area contributed by atoms with E-state index in [1.807, 2.05) is 62.4 Å². The van der Waals surface area contributed by atoms with Gasteiger partial charge in [-0.15, -0.1) is 0 Å². The Morgan fingerprint density at radius 1 is 0.911 bits per heavy atom. The lowest BCUT2D eigenvalue weighted by Gasteiger charge is -2.31. The first-order valence-corrected chi connectivity index (χ1v) is 17.0. The number of carbonyl (C=O) groups excluding carboxylic acids is 2. The number of nitrogens with zero attached hydrogens (tertiary/aromatic N) is 1. The van der Waals surface area contributed by atoms with Crippen molar-refractivity contribution in [2.45, 2.75) is 58.0 Å². The molecule has 3 aromatic carbocycles. The number of amides is 2. The topological polar surface area (TPSA) is 114 Å². The quantitative estimate of drug-likeness (QED) is 0.198. The van der Waals surface area contributed by atoms with E-state index in [2.05, 4.69) is 10.9 Å². The Morgan fingerprint density at radius 3 is 2.18 bits per heavy atom. The Morgan fingerprint density at radius 2 is 1.56 bits per heavy atom. The van der Waals surface area contributed by atoms with E-state index < -0.39 is 40.0 Å². The third kappa shape index (κ3) is 10.6. The minimum Gasteiger partial charge on any atom is -0.350 e. The molecule has 1 aliphatic rings. The molecular weight excluding hydrogens is 590 g/mol. The summed E-state index contributed by atoms with van der Waals surface area (Å²) in [4.78, 5) is 33.5. The Kier molecular flexibility index (Phi) is 12.7. The van der Waals surface area contributed by atoms with Crippen molar-refractivity contribution < 1.29 is 27.6 Å². The number of carbonyl (C=O) groups is 2. The van der Waals surface area contributed by atoms with Crippen molar-refractivity contribution in [2.24, 2.45) is 17.8 Å². The summed E-state index contributed by atoms with van der Waals surface area (Å²) in [6.07, 6.45) is 6.27. The van der Waals surface area contributed by atoms with Crippen molar-refractivity contribution in [2.75, 3.05) is 11.0 Å². The number of hydrogen-bond acceptors (Lipinski definition) is 6. The van der Waals surface area contributed by atoms with Crippen LogP contribution in [0.3, 0.4) is 0 Å². The van der Waals surface area contributed by atoms with Gasteiger partial charge < -0.3 is 4.74 Å². The highest BCUT2D eigenvalue weighted by Gasteiger charge is 2.37. The van der Waals surface area contributed by atoms with Gasteiger partial charge in [-0.2, -0.15) is 4.41 Å². The summed E-state index contributed by atoms with van der Waals surface area (Å²) < 4.78 is 34.1. The molecule has 0 aromatic heterocycles. The monoisotopic (exact) mass is 633 g/mol. The van der Waals surface area contributed by atoms with Crippen molar-refractivity contribution in [3.8, 4) is 0 Å². The standard InChI is InChI=1S/C35H43N3O6S/c1-27(2)25-32(31(22-14-19-28-15-6-3-7-16-28)35(40)37-44-33-23-12-13-24-43-33)34(39)36-38(30-20-10-5-11-21-30)45(41,42)26-29-17-8-4-9-18-29/h3-11,14-21,27,31-33H,12-13,22-26H2,1-2H3,(H,36,39)(H,37,40)/b19-14+/t31-,32+,33?/m0/s1. The lowest BCUT2D eigenvalue weighted by atomic mass is 9.82. The SMILES string of the molecule is CC(C)C[C@@H](C(=O)NN(c1ccccc1)S(=O)(=O)Cc1ccccc1)[C@H](C/C=C/c1ccccc1)C(=O)NOC1CCCCO1. The second kappa shape index (κ2) is 16.9. The fourth-order valence-corrected chi connectivity index (χ4v) is 6.64. The van der Waals surface area contributed by atoms with E-state index in [-0.39, 0.29) is 23.8 Å². The first-order valence-electron chi connectivity index (χ1n) is 15.4. The van der Waals surface area contributed by atoms with Crippen LogP contribution in [0, 0.1) is 17.8 Å². The molecule has 0 saturated carbocycles. The molecule has 240 valence electrons. The molecule has 0 radical (unpaired) electrons. The Balaban J connectivity index is 1.62. The molecule has 1 heterocycles. The molecule has 4 rings (SSSR count). The van der Waals surface area contributed by atoms with Crippen LogP contribution >= 0.6 is 0 Å². The maximum Gasteiger partial charge on any atom is 0.256 e. The Hall–Kier alpha value is -3.99. The summed E-state index contributed by atoms with van der Waals surface area (Å²) in [5, 5.41) is 0. The van der Waals surface area contributed by atoms with Crippen molar-refractivity contribution in [3.05, 3.63) is 108 Å². The highest BCUT2D eigenvalue weighted by atomic mass is 32.2. The van der Waals surface area contributed by atoms with Crippen molar-refractivity contribution in [1.29, 1.82) is 0 Å². The van der Waals surface area contributed by atoms with Crippen LogP contribution in [0.15, 0.2) is 97.1 Å². The molecule has 2 amide bonds. The van der Waals surface area contributed by atoms with Crippen LogP contribution in [-0.2, 0) is 34.9 Å². The number of hydroxylamine groups is 1. The van der Waals surface area contributed by atoms with Crippen LogP contribution in [0.25, 0.3) is 6.08 Å². The molecule has 3 atom stereocenters. The van der Waals surface area contributed by atoms with E-state index in [1.165, 1.54) is 0 Å². The number of nitrogens with one attached hydrogen (secondary N) is 2. The summed E-state index contributed by atoms with van der Waals surface area (Å²) in [6, 6.07) is 26.8. The molecule has 45 heavy (non-hydrogen) atoms. The van der Waals surface area contributed by atoms with Crippen LogP contribution in [0.4, 0.5) is 5.69 Å². The summed E-state index contributed by atoms with van der Waals surface area (Å²) in [5.41, 5.74) is 7.05. The fraction of sp³-hybridized carbons (Fsp3) is 0.371. The van der Waals surface area contributed by atoms with Crippen LogP contribution in [0.1, 0.15) is 57.1 Å². The maximum atomic E-state index is 14.2. The zero-order chi connectivity index (χ0) is 32.1. The number of benzene rings is 3. The number of hydrazine groups is 1. The van der Waals surface area contributed by atoms with Gasteiger partial charge in [0.15, 0.2) is 6.29 Å². The highest BCUT2D eigenvalue weighted by molar-refractivity contribution is 7.92. The van der Waals surface area contributed by atoms with Crippen LogP contribution in [0.5, 0.6) is 0 Å². The largest absolute Gasteiger partial charge is 0.350 e. The fourth-order valence-electron chi connectivity index (χ4n) is 5.22. The average molecular weight is 634 g/mol. The van der Waals surface area contributed by atoms with Crippen LogP contribution in [0.2, 0.25) is 0 Å². The van der Waals surface area contributed by atoms with Gasteiger partial charge in [-0.1, -0.05) is 105 Å². The van der Waals surface area contributed by atoms with Gasteiger partial charge in [0.1, 0.15) is 0 Å².